The number of carbonyl (C=O) groups excluding carboxylic acids is 1. The highest BCUT2D eigenvalue weighted by molar-refractivity contribution is 6.29. The molecule has 110 valence electrons. The molecule has 1 aliphatic rings. The Labute approximate surface area is 128 Å². The zero-order valence-electron chi connectivity index (χ0n) is 11.9. The topological polar surface area (TPSA) is 51.0 Å². The lowest BCUT2D eigenvalue weighted by molar-refractivity contribution is 0.0611. The fourth-order valence-corrected chi connectivity index (χ4v) is 3.01. The first kappa shape index (κ1) is 14.1. The van der Waals surface area contributed by atoms with E-state index in [2.05, 4.69) is 10.1 Å². The summed E-state index contributed by atoms with van der Waals surface area (Å²) in [4.78, 5) is 18.6. The van der Waals surface area contributed by atoms with Crippen molar-refractivity contribution < 1.29 is 4.79 Å². The van der Waals surface area contributed by atoms with E-state index in [9.17, 15) is 4.79 Å². The van der Waals surface area contributed by atoms with Gasteiger partial charge in [-0.25, -0.2) is 4.98 Å². The molecule has 0 N–H and O–H groups in total. The molecule has 1 aliphatic heterocycles. The summed E-state index contributed by atoms with van der Waals surface area (Å²) in [7, 11) is 1.89. The van der Waals surface area contributed by atoms with Gasteiger partial charge in [0.1, 0.15) is 5.15 Å². The van der Waals surface area contributed by atoms with Crippen molar-refractivity contribution in [1.82, 2.24) is 19.7 Å². The summed E-state index contributed by atoms with van der Waals surface area (Å²) in [5, 5.41) is 4.56. The number of piperidine rings is 1. The van der Waals surface area contributed by atoms with Crippen LogP contribution in [0.2, 0.25) is 5.15 Å². The standard InChI is InChI=1S/C15H17ClN4O/c1-19-10-12(9-18-19)13-4-2-3-7-20(13)15(21)11-5-6-17-14(16)8-11/h5-6,8-10,13H,2-4,7H2,1H3. The summed E-state index contributed by atoms with van der Waals surface area (Å²) in [5.41, 5.74) is 1.68. The number of nitrogens with zero attached hydrogens (tertiary/aromatic N) is 4. The van der Waals surface area contributed by atoms with E-state index in [0.29, 0.717) is 10.7 Å². The summed E-state index contributed by atoms with van der Waals surface area (Å²) < 4.78 is 1.77. The third-order valence-electron chi connectivity index (χ3n) is 3.85. The van der Waals surface area contributed by atoms with Crippen LogP contribution in [0.1, 0.15) is 41.2 Å². The van der Waals surface area contributed by atoms with Gasteiger partial charge in [0.2, 0.25) is 0 Å². The molecular formula is C15H17ClN4O. The summed E-state index contributed by atoms with van der Waals surface area (Å²) >= 11 is 5.89. The Bertz CT molecular complexity index is 655. The molecule has 1 amide bonds. The molecule has 21 heavy (non-hydrogen) atoms. The minimum Gasteiger partial charge on any atom is -0.331 e. The molecule has 0 aliphatic carbocycles. The Morgan fingerprint density at radius 1 is 1.43 bits per heavy atom. The van der Waals surface area contributed by atoms with Crippen LogP contribution in [0.15, 0.2) is 30.7 Å². The van der Waals surface area contributed by atoms with Gasteiger partial charge in [-0.2, -0.15) is 5.10 Å². The van der Waals surface area contributed by atoms with E-state index >= 15 is 0 Å². The maximum absolute atomic E-state index is 12.8. The van der Waals surface area contributed by atoms with Gasteiger partial charge >= 0.3 is 0 Å². The van der Waals surface area contributed by atoms with Crippen molar-refractivity contribution in [3.8, 4) is 0 Å². The van der Waals surface area contributed by atoms with Crippen LogP contribution in [-0.2, 0) is 7.05 Å². The SMILES string of the molecule is Cn1cc(C2CCCCN2C(=O)c2ccnc(Cl)c2)cn1. The molecular weight excluding hydrogens is 288 g/mol. The minimum atomic E-state index is 0.00727. The van der Waals surface area contributed by atoms with Crippen LogP contribution in [0.5, 0.6) is 0 Å². The van der Waals surface area contributed by atoms with Crippen molar-refractivity contribution >= 4 is 17.5 Å². The predicted octanol–water partition coefficient (Wildman–Crippen LogP) is 2.84. The number of carbonyl (C=O) groups is 1. The highest BCUT2D eigenvalue weighted by Crippen LogP contribution is 2.31. The first-order valence-electron chi connectivity index (χ1n) is 7.06. The van der Waals surface area contributed by atoms with Crippen LogP contribution in [0.3, 0.4) is 0 Å². The maximum atomic E-state index is 12.8. The third-order valence-corrected chi connectivity index (χ3v) is 4.05. The molecule has 1 atom stereocenters. The normalized spacial score (nSPS) is 18.8. The van der Waals surface area contributed by atoms with Gasteiger partial charge < -0.3 is 4.90 Å². The van der Waals surface area contributed by atoms with Crippen molar-refractivity contribution in [3.05, 3.63) is 47.0 Å². The zero-order chi connectivity index (χ0) is 14.8. The van der Waals surface area contributed by atoms with E-state index in [1.807, 2.05) is 24.3 Å². The zero-order valence-corrected chi connectivity index (χ0v) is 12.6. The van der Waals surface area contributed by atoms with Crippen LogP contribution in [-0.4, -0.2) is 32.1 Å². The van der Waals surface area contributed by atoms with E-state index in [4.69, 9.17) is 11.6 Å². The summed E-state index contributed by atoms with van der Waals surface area (Å²) in [6.45, 7) is 0.762. The van der Waals surface area contributed by atoms with E-state index in [0.717, 1.165) is 31.4 Å². The number of rotatable bonds is 2. The molecule has 0 saturated carbocycles. The van der Waals surface area contributed by atoms with Crippen LogP contribution in [0.4, 0.5) is 0 Å². The van der Waals surface area contributed by atoms with Gasteiger partial charge in [-0.1, -0.05) is 11.6 Å². The monoisotopic (exact) mass is 304 g/mol. The van der Waals surface area contributed by atoms with Crippen molar-refractivity contribution in [2.75, 3.05) is 6.54 Å². The lowest BCUT2D eigenvalue weighted by Crippen LogP contribution is -2.38. The highest BCUT2D eigenvalue weighted by atomic mass is 35.5. The lowest BCUT2D eigenvalue weighted by atomic mass is 9.96. The second kappa shape index (κ2) is 5.85. The van der Waals surface area contributed by atoms with Gasteiger partial charge in [0, 0.05) is 37.1 Å². The highest BCUT2D eigenvalue weighted by Gasteiger charge is 2.29. The molecule has 1 unspecified atom stereocenters. The Balaban J connectivity index is 1.89. The van der Waals surface area contributed by atoms with E-state index in [1.165, 1.54) is 0 Å². The number of amides is 1. The lowest BCUT2D eigenvalue weighted by Gasteiger charge is -2.35. The van der Waals surface area contributed by atoms with E-state index in [-0.39, 0.29) is 11.9 Å². The smallest absolute Gasteiger partial charge is 0.254 e. The molecule has 1 fully saturated rings. The van der Waals surface area contributed by atoms with Crippen molar-refractivity contribution in [2.45, 2.75) is 25.3 Å². The molecule has 3 rings (SSSR count). The molecule has 0 spiro atoms. The van der Waals surface area contributed by atoms with Gasteiger partial charge in [-0.15, -0.1) is 0 Å². The molecule has 2 aromatic heterocycles. The van der Waals surface area contributed by atoms with Gasteiger partial charge in [-0.3, -0.25) is 9.48 Å². The fraction of sp³-hybridized carbons (Fsp3) is 0.400. The first-order valence-corrected chi connectivity index (χ1v) is 7.44. The Kier molecular flexibility index (Phi) is 3.92. The Hall–Kier alpha value is -1.88. The molecule has 2 aromatic rings. The van der Waals surface area contributed by atoms with E-state index < -0.39 is 0 Å². The molecule has 1 saturated heterocycles. The van der Waals surface area contributed by atoms with Crippen LogP contribution >= 0.6 is 11.6 Å². The summed E-state index contributed by atoms with van der Waals surface area (Å²) in [5.74, 6) is 0.00727. The van der Waals surface area contributed by atoms with Gasteiger partial charge in [0.25, 0.3) is 5.91 Å². The molecule has 0 bridgehead atoms. The van der Waals surface area contributed by atoms with Crippen LogP contribution in [0.25, 0.3) is 0 Å². The fourth-order valence-electron chi connectivity index (χ4n) is 2.83. The van der Waals surface area contributed by atoms with Gasteiger partial charge in [0.15, 0.2) is 0 Å². The second-order valence-corrected chi connectivity index (χ2v) is 5.71. The second-order valence-electron chi connectivity index (χ2n) is 5.32. The number of halogens is 1. The maximum Gasteiger partial charge on any atom is 0.254 e. The number of hydrogen-bond donors (Lipinski definition) is 0. The minimum absolute atomic E-state index is 0.00727. The Morgan fingerprint density at radius 2 is 2.29 bits per heavy atom. The quantitative estimate of drug-likeness (QED) is 0.802. The number of pyridine rings is 1. The van der Waals surface area contributed by atoms with Crippen LogP contribution in [0, 0.1) is 0 Å². The molecule has 0 aromatic carbocycles. The summed E-state index contributed by atoms with van der Waals surface area (Å²) in [6, 6.07) is 3.42. The number of likely N-dealkylation sites (tertiary alicyclic amines) is 1. The molecule has 3 heterocycles. The number of aryl methyl sites for hydroxylation is 1. The third kappa shape index (κ3) is 2.93. The van der Waals surface area contributed by atoms with Crippen molar-refractivity contribution in [3.63, 3.8) is 0 Å². The number of hydrogen-bond acceptors (Lipinski definition) is 3. The van der Waals surface area contributed by atoms with Crippen molar-refractivity contribution in [2.24, 2.45) is 7.05 Å². The predicted molar refractivity (Wildman–Crippen MR) is 80.1 cm³/mol. The summed E-state index contributed by atoms with van der Waals surface area (Å²) in [6.07, 6.45) is 8.52. The largest absolute Gasteiger partial charge is 0.331 e. The molecule has 6 heteroatoms. The molecule has 0 radical (unpaired) electrons. The van der Waals surface area contributed by atoms with E-state index in [1.54, 1.807) is 23.0 Å². The Morgan fingerprint density at radius 3 is 3.00 bits per heavy atom. The molecule has 5 nitrogen and oxygen atoms in total. The van der Waals surface area contributed by atoms with Gasteiger partial charge in [0.05, 0.1) is 12.2 Å². The van der Waals surface area contributed by atoms with Gasteiger partial charge in [-0.05, 0) is 31.4 Å². The first-order chi connectivity index (χ1) is 10.1. The number of aromatic nitrogens is 3. The average molecular weight is 305 g/mol. The van der Waals surface area contributed by atoms with Crippen LogP contribution < -0.4 is 0 Å². The average Bonchev–Trinajstić information content (AvgIpc) is 2.93. The van der Waals surface area contributed by atoms with Crippen molar-refractivity contribution in [1.29, 1.82) is 0 Å².